The Balaban J connectivity index is 1.55. The molecule has 3 aromatic rings. The van der Waals surface area contributed by atoms with Gasteiger partial charge >= 0.3 is 0 Å². The van der Waals surface area contributed by atoms with Crippen LogP contribution in [0.15, 0.2) is 53.9 Å². The van der Waals surface area contributed by atoms with Crippen LogP contribution in [0.25, 0.3) is 0 Å². The highest BCUT2D eigenvalue weighted by Gasteiger charge is 2.34. The zero-order valence-corrected chi connectivity index (χ0v) is 22.9. The lowest BCUT2D eigenvalue weighted by Crippen LogP contribution is -2.48. The minimum atomic E-state index is -0.476. The van der Waals surface area contributed by atoms with Gasteiger partial charge in [-0.1, -0.05) is 37.9 Å². The van der Waals surface area contributed by atoms with Gasteiger partial charge in [-0.05, 0) is 78.2 Å². The van der Waals surface area contributed by atoms with Gasteiger partial charge in [-0.25, -0.2) is 4.39 Å². The monoisotopic (exact) mass is 542 g/mol. The summed E-state index contributed by atoms with van der Waals surface area (Å²) >= 11 is 7.85. The molecule has 2 unspecified atom stereocenters. The molecule has 0 spiro atoms. The standard InChI is InChI=1S/C29H32ClFN2O3S/c1-4-19(2)16-32(29(35)21-6-5-7-22(31)15-21)17-28(34)33-12-10-27-24(11-13-37-27)26(33)18-36-23-8-9-25(30)20(3)14-23/h5-9,11,13-15,19,26H,4,10,12,16-18H2,1-3H3. The van der Waals surface area contributed by atoms with Gasteiger partial charge in [-0.2, -0.15) is 0 Å². The number of halogens is 2. The van der Waals surface area contributed by atoms with Gasteiger partial charge in [0, 0.05) is 28.6 Å². The van der Waals surface area contributed by atoms with Crippen LogP contribution in [0.2, 0.25) is 5.02 Å². The second-order valence-corrected chi connectivity index (χ2v) is 11.0. The number of carbonyl (C=O) groups is 2. The van der Waals surface area contributed by atoms with E-state index in [0.717, 1.165) is 24.0 Å². The number of hydrogen-bond donors (Lipinski definition) is 0. The van der Waals surface area contributed by atoms with Crippen molar-refractivity contribution in [2.24, 2.45) is 5.92 Å². The molecule has 0 saturated heterocycles. The van der Waals surface area contributed by atoms with Crippen molar-refractivity contribution in [2.75, 3.05) is 26.2 Å². The Morgan fingerprint density at radius 3 is 2.78 bits per heavy atom. The Bertz CT molecular complexity index is 1260. The van der Waals surface area contributed by atoms with Crippen LogP contribution in [-0.2, 0) is 11.2 Å². The quantitative estimate of drug-likeness (QED) is 0.308. The van der Waals surface area contributed by atoms with Crippen LogP contribution in [0.3, 0.4) is 0 Å². The number of nitrogens with zero attached hydrogens (tertiary/aromatic N) is 2. The van der Waals surface area contributed by atoms with Gasteiger partial charge in [0.15, 0.2) is 0 Å². The Kier molecular flexibility index (Phi) is 8.87. The third-order valence-corrected chi connectivity index (χ3v) is 8.29. The van der Waals surface area contributed by atoms with Crippen LogP contribution in [0, 0.1) is 18.7 Å². The second kappa shape index (κ2) is 12.1. The molecule has 1 aromatic heterocycles. The fourth-order valence-corrected chi connectivity index (χ4v) is 5.59. The number of hydrogen-bond acceptors (Lipinski definition) is 4. The molecule has 2 amide bonds. The minimum absolute atomic E-state index is 0.0737. The van der Waals surface area contributed by atoms with Gasteiger partial charge in [0.1, 0.15) is 24.7 Å². The first-order valence-corrected chi connectivity index (χ1v) is 13.8. The molecule has 0 fully saturated rings. The van der Waals surface area contributed by atoms with E-state index in [0.29, 0.717) is 30.5 Å². The maximum atomic E-state index is 13.8. The molecule has 8 heteroatoms. The molecule has 2 aromatic carbocycles. The molecule has 0 bridgehead atoms. The van der Waals surface area contributed by atoms with E-state index in [1.807, 2.05) is 43.2 Å². The molecule has 37 heavy (non-hydrogen) atoms. The van der Waals surface area contributed by atoms with Crippen LogP contribution >= 0.6 is 22.9 Å². The number of fused-ring (bicyclic) bond motifs is 1. The van der Waals surface area contributed by atoms with E-state index in [-0.39, 0.29) is 35.9 Å². The summed E-state index contributed by atoms with van der Waals surface area (Å²) in [5.41, 5.74) is 2.25. The number of amides is 2. The lowest BCUT2D eigenvalue weighted by molar-refractivity contribution is -0.135. The molecular weight excluding hydrogens is 511 g/mol. The van der Waals surface area contributed by atoms with Gasteiger partial charge in [0.2, 0.25) is 5.91 Å². The number of aryl methyl sites for hydroxylation is 1. The fraction of sp³-hybridized carbons (Fsp3) is 0.379. The van der Waals surface area contributed by atoms with Crippen molar-refractivity contribution in [3.63, 3.8) is 0 Å². The van der Waals surface area contributed by atoms with E-state index in [4.69, 9.17) is 16.3 Å². The third-order valence-electron chi connectivity index (χ3n) is 6.87. The Hall–Kier alpha value is -2.90. The number of ether oxygens (including phenoxy) is 1. The fourth-order valence-electron chi connectivity index (χ4n) is 4.54. The van der Waals surface area contributed by atoms with Crippen molar-refractivity contribution in [3.8, 4) is 5.75 Å². The Morgan fingerprint density at radius 2 is 2.05 bits per heavy atom. The zero-order chi connectivity index (χ0) is 26.5. The van der Waals surface area contributed by atoms with E-state index in [1.54, 1.807) is 28.4 Å². The lowest BCUT2D eigenvalue weighted by Gasteiger charge is -2.37. The molecule has 2 heterocycles. The van der Waals surface area contributed by atoms with E-state index in [2.05, 4.69) is 6.07 Å². The summed E-state index contributed by atoms with van der Waals surface area (Å²) in [7, 11) is 0. The van der Waals surface area contributed by atoms with Crippen LogP contribution in [0.5, 0.6) is 5.75 Å². The van der Waals surface area contributed by atoms with E-state index >= 15 is 0 Å². The first-order chi connectivity index (χ1) is 17.8. The van der Waals surface area contributed by atoms with Gasteiger partial charge in [-0.15, -0.1) is 11.3 Å². The first kappa shape index (κ1) is 27.1. The first-order valence-electron chi connectivity index (χ1n) is 12.6. The molecule has 0 saturated carbocycles. The molecule has 4 rings (SSSR count). The molecular formula is C29H32ClFN2O3S. The Labute approximate surface area is 226 Å². The Morgan fingerprint density at radius 1 is 1.24 bits per heavy atom. The predicted octanol–water partition coefficient (Wildman–Crippen LogP) is 6.54. The smallest absolute Gasteiger partial charge is 0.254 e. The van der Waals surface area contributed by atoms with Crippen molar-refractivity contribution in [2.45, 2.75) is 39.7 Å². The summed E-state index contributed by atoms with van der Waals surface area (Å²) in [6.45, 7) is 7.19. The molecule has 0 aliphatic carbocycles. The summed E-state index contributed by atoms with van der Waals surface area (Å²) in [4.78, 5) is 31.7. The number of benzene rings is 2. The summed E-state index contributed by atoms with van der Waals surface area (Å²) in [5, 5.41) is 2.71. The second-order valence-electron chi connectivity index (χ2n) is 9.58. The highest BCUT2D eigenvalue weighted by atomic mass is 35.5. The van der Waals surface area contributed by atoms with Crippen molar-refractivity contribution in [3.05, 3.63) is 86.3 Å². The zero-order valence-electron chi connectivity index (χ0n) is 21.4. The lowest BCUT2D eigenvalue weighted by atomic mass is 10.00. The summed E-state index contributed by atoms with van der Waals surface area (Å²) in [6, 6.07) is 12.9. The predicted molar refractivity (Wildman–Crippen MR) is 146 cm³/mol. The average Bonchev–Trinajstić information content (AvgIpc) is 3.37. The van der Waals surface area contributed by atoms with Crippen LogP contribution in [-0.4, -0.2) is 47.9 Å². The number of rotatable bonds is 9. The van der Waals surface area contributed by atoms with Crippen LogP contribution < -0.4 is 4.74 Å². The van der Waals surface area contributed by atoms with E-state index in [9.17, 15) is 14.0 Å². The molecule has 5 nitrogen and oxygen atoms in total. The van der Waals surface area contributed by atoms with Gasteiger partial charge in [-0.3, -0.25) is 9.59 Å². The molecule has 1 aliphatic heterocycles. The molecule has 0 N–H and O–H groups in total. The van der Waals surface area contributed by atoms with Gasteiger partial charge in [0.05, 0.1) is 6.04 Å². The van der Waals surface area contributed by atoms with Crippen molar-refractivity contribution in [1.29, 1.82) is 0 Å². The topological polar surface area (TPSA) is 49.9 Å². The highest BCUT2D eigenvalue weighted by molar-refractivity contribution is 7.10. The minimum Gasteiger partial charge on any atom is -0.491 e. The molecule has 0 radical (unpaired) electrons. The van der Waals surface area contributed by atoms with Crippen molar-refractivity contribution in [1.82, 2.24) is 9.80 Å². The average molecular weight is 543 g/mol. The normalized spacial score (nSPS) is 15.7. The van der Waals surface area contributed by atoms with Crippen LogP contribution in [0.1, 0.15) is 52.7 Å². The highest BCUT2D eigenvalue weighted by Crippen LogP contribution is 2.34. The summed E-state index contributed by atoms with van der Waals surface area (Å²) < 4.78 is 20.0. The number of carbonyl (C=O) groups excluding carboxylic acids is 2. The molecule has 2 atom stereocenters. The summed E-state index contributed by atoms with van der Waals surface area (Å²) in [6.07, 6.45) is 1.62. The maximum absolute atomic E-state index is 13.8. The molecule has 1 aliphatic rings. The van der Waals surface area contributed by atoms with Crippen LogP contribution in [0.4, 0.5) is 4.39 Å². The van der Waals surface area contributed by atoms with Crippen molar-refractivity contribution >= 4 is 34.8 Å². The molecule has 196 valence electrons. The van der Waals surface area contributed by atoms with Gasteiger partial charge in [0.25, 0.3) is 5.91 Å². The third kappa shape index (κ3) is 6.51. The number of thiophene rings is 1. The summed E-state index contributed by atoms with van der Waals surface area (Å²) in [5.74, 6) is -0.0771. The van der Waals surface area contributed by atoms with Crippen molar-refractivity contribution < 1.29 is 18.7 Å². The van der Waals surface area contributed by atoms with E-state index < -0.39 is 5.82 Å². The maximum Gasteiger partial charge on any atom is 0.254 e. The van der Waals surface area contributed by atoms with Gasteiger partial charge < -0.3 is 14.5 Å². The SMILES string of the molecule is CCC(C)CN(CC(=O)N1CCc2sccc2C1COc1ccc(Cl)c(C)c1)C(=O)c1cccc(F)c1. The largest absolute Gasteiger partial charge is 0.491 e. The van der Waals surface area contributed by atoms with E-state index in [1.165, 1.54) is 23.1 Å².